The number of aryl methyl sites for hydroxylation is 1. The number of para-hydroxylation sites is 3. The fourth-order valence-corrected chi connectivity index (χ4v) is 2.56. The van der Waals surface area contributed by atoms with Gasteiger partial charge in [-0.15, -0.1) is 0 Å². The van der Waals surface area contributed by atoms with Gasteiger partial charge >= 0.3 is 0 Å². The number of hydrogen-bond donors (Lipinski definition) is 0. The number of hydrogen-bond acceptors (Lipinski definition) is 4. The van der Waals surface area contributed by atoms with E-state index in [0.717, 1.165) is 28.2 Å². The van der Waals surface area contributed by atoms with Crippen molar-refractivity contribution in [2.45, 2.75) is 12.1 Å². The zero-order valence-corrected chi connectivity index (χ0v) is 12.0. The van der Waals surface area contributed by atoms with Gasteiger partial charge < -0.3 is 9.15 Å². The smallest absolute Gasteiger partial charge is 0.256 e. The summed E-state index contributed by atoms with van der Waals surface area (Å²) in [5.74, 6) is 1.74. The van der Waals surface area contributed by atoms with Gasteiger partial charge in [-0.05, 0) is 30.7 Å². The summed E-state index contributed by atoms with van der Waals surface area (Å²) in [4.78, 5) is 4.42. The first-order chi connectivity index (χ1) is 9.83. The van der Waals surface area contributed by atoms with Crippen molar-refractivity contribution in [2.75, 3.05) is 12.4 Å². The maximum Gasteiger partial charge on any atom is 0.256 e. The average Bonchev–Trinajstić information content (AvgIpc) is 2.88. The number of ether oxygens (including phenoxy) is 1. The van der Waals surface area contributed by atoms with Crippen molar-refractivity contribution in [2.24, 2.45) is 0 Å². The van der Waals surface area contributed by atoms with Crippen LogP contribution >= 0.6 is 11.8 Å². The Bertz CT molecular complexity index is 675. The van der Waals surface area contributed by atoms with Crippen molar-refractivity contribution in [3.05, 3.63) is 54.1 Å². The van der Waals surface area contributed by atoms with Gasteiger partial charge in [-0.1, -0.05) is 42.1 Å². The SMILES string of the molecule is Cc1ccccc1OCCSc1nc2ccccc2o1. The second kappa shape index (κ2) is 6.01. The van der Waals surface area contributed by atoms with Crippen molar-refractivity contribution in [1.29, 1.82) is 0 Å². The Kier molecular flexibility index (Phi) is 3.92. The van der Waals surface area contributed by atoms with Gasteiger partial charge in [-0.25, -0.2) is 4.98 Å². The lowest BCUT2D eigenvalue weighted by atomic mass is 10.2. The van der Waals surface area contributed by atoms with Crippen LogP contribution in [0, 0.1) is 6.92 Å². The van der Waals surface area contributed by atoms with Gasteiger partial charge in [0.25, 0.3) is 5.22 Å². The van der Waals surface area contributed by atoms with Gasteiger partial charge in [0.15, 0.2) is 5.58 Å². The normalized spacial score (nSPS) is 10.8. The molecule has 0 aliphatic rings. The summed E-state index contributed by atoms with van der Waals surface area (Å²) in [6, 6.07) is 15.8. The highest BCUT2D eigenvalue weighted by Gasteiger charge is 2.05. The van der Waals surface area contributed by atoms with Gasteiger partial charge in [0, 0.05) is 5.75 Å². The molecule has 1 heterocycles. The van der Waals surface area contributed by atoms with Crippen molar-refractivity contribution < 1.29 is 9.15 Å². The minimum Gasteiger partial charge on any atom is -0.492 e. The molecule has 102 valence electrons. The molecular formula is C16H15NO2S. The Hall–Kier alpha value is -1.94. The van der Waals surface area contributed by atoms with Crippen LogP contribution in [0.4, 0.5) is 0 Å². The Labute approximate surface area is 122 Å². The molecule has 0 atom stereocenters. The Balaban J connectivity index is 1.54. The van der Waals surface area contributed by atoms with Crippen molar-refractivity contribution in [3.63, 3.8) is 0 Å². The lowest BCUT2D eigenvalue weighted by molar-refractivity contribution is 0.341. The summed E-state index contributed by atoms with van der Waals surface area (Å²) in [6.07, 6.45) is 0. The number of benzene rings is 2. The Morgan fingerprint density at radius 2 is 1.90 bits per heavy atom. The monoisotopic (exact) mass is 285 g/mol. The molecule has 0 spiro atoms. The number of oxazole rings is 1. The summed E-state index contributed by atoms with van der Waals surface area (Å²) in [7, 11) is 0. The van der Waals surface area contributed by atoms with E-state index in [2.05, 4.69) is 4.98 Å². The fraction of sp³-hybridized carbons (Fsp3) is 0.188. The summed E-state index contributed by atoms with van der Waals surface area (Å²) in [5.41, 5.74) is 2.88. The number of aromatic nitrogens is 1. The standard InChI is InChI=1S/C16H15NO2S/c1-12-6-2-4-8-14(12)18-10-11-20-16-17-13-7-3-5-9-15(13)19-16/h2-9H,10-11H2,1H3. The maximum absolute atomic E-state index is 5.74. The van der Waals surface area contributed by atoms with Crippen LogP contribution < -0.4 is 4.74 Å². The number of rotatable bonds is 5. The molecule has 3 aromatic rings. The maximum atomic E-state index is 5.74. The summed E-state index contributed by atoms with van der Waals surface area (Å²) in [6.45, 7) is 2.68. The van der Waals surface area contributed by atoms with Gasteiger partial charge in [-0.3, -0.25) is 0 Å². The van der Waals surface area contributed by atoms with Crippen LogP contribution in [0.2, 0.25) is 0 Å². The quantitative estimate of drug-likeness (QED) is 0.517. The minimum atomic E-state index is 0.633. The Morgan fingerprint density at radius 3 is 2.75 bits per heavy atom. The van der Waals surface area contributed by atoms with Crippen LogP contribution in [0.25, 0.3) is 11.1 Å². The molecule has 0 radical (unpaired) electrons. The molecule has 3 nitrogen and oxygen atoms in total. The van der Waals surface area contributed by atoms with E-state index in [0.29, 0.717) is 11.8 Å². The van der Waals surface area contributed by atoms with E-state index in [-0.39, 0.29) is 0 Å². The highest BCUT2D eigenvalue weighted by Crippen LogP contribution is 2.23. The molecular weight excluding hydrogens is 270 g/mol. The van der Waals surface area contributed by atoms with E-state index in [1.807, 2.05) is 55.5 Å². The van der Waals surface area contributed by atoms with Crippen molar-refractivity contribution in [1.82, 2.24) is 4.98 Å². The summed E-state index contributed by atoms with van der Waals surface area (Å²) < 4.78 is 11.4. The van der Waals surface area contributed by atoms with Crippen LogP contribution in [-0.2, 0) is 0 Å². The van der Waals surface area contributed by atoms with E-state index in [9.17, 15) is 0 Å². The molecule has 20 heavy (non-hydrogen) atoms. The van der Waals surface area contributed by atoms with E-state index in [1.165, 1.54) is 0 Å². The third-order valence-electron chi connectivity index (χ3n) is 2.93. The lowest BCUT2D eigenvalue weighted by Gasteiger charge is -2.07. The van der Waals surface area contributed by atoms with Crippen LogP contribution in [0.1, 0.15) is 5.56 Å². The zero-order chi connectivity index (χ0) is 13.8. The molecule has 0 aliphatic heterocycles. The summed E-state index contributed by atoms with van der Waals surface area (Å²) in [5, 5.41) is 0.694. The van der Waals surface area contributed by atoms with Crippen LogP contribution in [0.3, 0.4) is 0 Å². The highest BCUT2D eigenvalue weighted by atomic mass is 32.2. The van der Waals surface area contributed by atoms with Gasteiger partial charge in [0.2, 0.25) is 0 Å². The number of nitrogens with zero attached hydrogens (tertiary/aromatic N) is 1. The zero-order valence-electron chi connectivity index (χ0n) is 11.2. The van der Waals surface area contributed by atoms with Crippen molar-refractivity contribution in [3.8, 4) is 5.75 Å². The molecule has 0 aliphatic carbocycles. The third-order valence-corrected chi connectivity index (χ3v) is 3.73. The van der Waals surface area contributed by atoms with E-state index in [1.54, 1.807) is 11.8 Å². The largest absolute Gasteiger partial charge is 0.492 e. The molecule has 0 fully saturated rings. The topological polar surface area (TPSA) is 35.3 Å². The van der Waals surface area contributed by atoms with Crippen LogP contribution in [0.5, 0.6) is 5.75 Å². The van der Waals surface area contributed by atoms with Crippen molar-refractivity contribution >= 4 is 22.9 Å². The number of fused-ring (bicyclic) bond motifs is 1. The second-order valence-corrected chi connectivity index (χ2v) is 5.46. The predicted molar refractivity (Wildman–Crippen MR) is 81.4 cm³/mol. The molecule has 0 amide bonds. The van der Waals surface area contributed by atoms with E-state index in [4.69, 9.17) is 9.15 Å². The van der Waals surface area contributed by atoms with Crippen LogP contribution in [0.15, 0.2) is 58.2 Å². The minimum absolute atomic E-state index is 0.633. The molecule has 0 bridgehead atoms. The second-order valence-electron chi connectivity index (χ2n) is 4.41. The fourth-order valence-electron chi connectivity index (χ4n) is 1.91. The molecule has 0 saturated carbocycles. The molecule has 0 saturated heterocycles. The molecule has 2 aromatic carbocycles. The lowest BCUT2D eigenvalue weighted by Crippen LogP contribution is -2.01. The molecule has 0 N–H and O–H groups in total. The first-order valence-corrected chi connectivity index (χ1v) is 7.48. The first-order valence-electron chi connectivity index (χ1n) is 6.50. The molecule has 4 heteroatoms. The third kappa shape index (κ3) is 2.96. The van der Waals surface area contributed by atoms with E-state index < -0.39 is 0 Å². The van der Waals surface area contributed by atoms with E-state index >= 15 is 0 Å². The number of thioether (sulfide) groups is 1. The van der Waals surface area contributed by atoms with Crippen LogP contribution in [-0.4, -0.2) is 17.3 Å². The first kappa shape index (κ1) is 13.1. The highest BCUT2D eigenvalue weighted by molar-refractivity contribution is 7.99. The molecule has 1 aromatic heterocycles. The molecule has 0 unspecified atom stereocenters. The Morgan fingerprint density at radius 1 is 1.10 bits per heavy atom. The predicted octanol–water partition coefficient (Wildman–Crippen LogP) is 4.31. The van der Waals surface area contributed by atoms with Gasteiger partial charge in [-0.2, -0.15) is 0 Å². The van der Waals surface area contributed by atoms with Gasteiger partial charge in [0.05, 0.1) is 6.61 Å². The average molecular weight is 285 g/mol. The summed E-state index contributed by atoms with van der Waals surface area (Å²) >= 11 is 1.57. The van der Waals surface area contributed by atoms with Gasteiger partial charge in [0.1, 0.15) is 11.3 Å². The molecule has 3 rings (SSSR count).